The van der Waals surface area contributed by atoms with Crippen LogP contribution in [0.3, 0.4) is 0 Å². The van der Waals surface area contributed by atoms with E-state index in [0.717, 1.165) is 29.9 Å². The lowest BCUT2D eigenvalue weighted by Gasteiger charge is -2.12. The molecule has 3 N–H and O–H groups in total. The third kappa shape index (κ3) is 6.48. The summed E-state index contributed by atoms with van der Waals surface area (Å²) in [6, 6.07) is 0. The van der Waals surface area contributed by atoms with Gasteiger partial charge in [0, 0.05) is 38.7 Å². The Kier molecular flexibility index (Phi) is 8.77. The van der Waals surface area contributed by atoms with Gasteiger partial charge >= 0.3 is 0 Å². The third-order valence-corrected chi connectivity index (χ3v) is 5.02. The van der Waals surface area contributed by atoms with Gasteiger partial charge in [-0.2, -0.15) is 0 Å². The molecular weight excluding hydrogens is 330 g/mol. The van der Waals surface area contributed by atoms with Gasteiger partial charge in [-0.05, 0) is 19.8 Å². The van der Waals surface area contributed by atoms with Crippen LogP contribution in [0.15, 0.2) is 9.52 Å². The zero-order chi connectivity index (χ0) is 18.0. The summed E-state index contributed by atoms with van der Waals surface area (Å²) in [5.74, 6) is 1.66. The molecule has 24 heavy (non-hydrogen) atoms. The smallest absolute Gasteiger partial charge is 0.211 e. The van der Waals surface area contributed by atoms with E-state index in [2.05, 4.69) is 25.5 Å². The van der Waals surface area contributed by atoms with E-state index in [1.54, 1.807) is 14.0 Å². The molecule has 0 fully saturated rings. The van der Waals surface area contributed by atoms with Crippen molar-refractivity contribution in [3.63, 3.8) is 0 Å². The molecule has 0 aliphatic carbocycles. The molecule has 0 atom stereocenters. The Labute approximate surface area is 144 Å². The van der Waals surface area contributed by atoms with Crippen molar-refractivity contribution in [1.82, 2.24) is 20.5 Å². The fraction of sp³-hybridized carbons (Fsp3) is 0.733. The van der Waals surface area contributed by atoms with Crippen LogP contribution in [0, 0.1) is 0 Å². The summed E-state index contributed by atoms with van der Waals surface area (Å²) in [5, 5.41) is 10.5. The average molecular weight is 359 g/mol. The number of nitrogens with zero attached hydrogens (tertiary/aromatic N) is 2. The molecule has 0 radical (unpaired) electrons. The number of rotatable bonds is 10. The Balaban J connectivity index is 2.40. The Hall–Kier alpha value is -1.61. The first kappa shape index (κ1) is 20.4. The number of sulfonamides is 1. The third-order valence-electron chi connectivity index (χ3n) is 3.61. The number of aryl methyl sites for hydroxylation is 2. The molecule has 0 bridgehead atoms. The van der Waals surface area contributed by atoms with Crippen molar-refractivity contribution in [2.45, 2.75) is 46.6 Å². The summed E-state index contributed by atoms with van der Waals surface area (Å²) >= 11 is 0. The van der Waals surface area contributed by atoms with Gasteiger partial charge in [-0.15, -0.1) is 0 Å². The van der Waals surface area contributed by atoms with Crippen molar-refractivity contribution in [3.05, 3.63) is 17.0 Å². The Morgan fingerprint density at radius 3 is 2.50 bits per heavy atom. The standard InChI is InChI=1S/C15H29N5O3S/c1-5-13-12(14(6-2)23-20-13)11-18-15(16-4)17-9-8-10-19-24(21,22)7-3/h19H,5-11H2,1-4H3,(H2,16,17,18). The number of aliphatic imine (C=N–C) groups is 1. The average Bonchev–Trinajstić information content (AvgIpc) is 2.99. The first-order chi connectivity index (χ1) is 11.5. The quantitative estimate of drug-likeness (QED) is 0.324. The Morgan fingerprint density at radius 2 is 1.92 bits per heavy atom. The molecule has 9 heteroatoms. The zero-order valence-electron chi connectivity index (χ0n) is 15.0. The lowest BCUT2D eigenvalue weighted by Crippen LogP contribution is -2.38. The van der Waals surface area contributed by atoms with E-state index in [1.807, 2.05) is 13.8 Å². The predicted molar refractivity (Wildman–Crippen MR) is 95.5 cm³/mol. The minimum atomic E-state index is -3.12. The second-order valence-corrected chi connectivity index (χ2v) is 7.34. The number of aromatic nitrogens is 1. The van der Waals surface area contributed by atoms with Crippen molar-refractivity contribution < 1.29 is 12.9 Å². The molecule has 0 unspecified atom stereocenters. The molecule has 1 heterocycles. The maximum Gasteiger partial charge on any atom is 0.211 e. The molecule has 0 saturated carbocycles. The first-order valence-corrected chi connectivity index (χ1v) is 10.0. The maximum atomic E-state index is 11.3. The van der Waals surface area contributed by atoms with Crippen LogP contribution in [0.2, 0.25) is 0 Å². The van der Waals surface area contributed by atoms with Gasteiger partial charge in [0.15, 0.2) is 5.96 Å². The molecule has 1 aromatic rings. The number of hydrogen-bond donors (Lipinski definition) is 3. The number of nitrogens with one attached hydrogen (secondary N) is 3. The normalized spacial score (nSPS) is 12.4. The summed E-state index contributed by atoms with van der Waals surface area (Å²) in [6.07, 6.45) is 2.30. The minimum absolute atomic E-state index is 0.0991. The largest absolute Gasteiger partial charge is 0.361 e. The Morgan fingerprint density at radius 1 is 1.17 bits per heavy atom. The molecular formula is C15H29N5O3S. The fourth-order valence-electron chi connectivity index (χ4n) is 2.16. The summed E-state index contributed by atoms with van der Waals surface area (Å²) in [6.45, 7) is 7.33. The van der Waals surface area contributed by atoms with E-state index in [1.165, 1.54) is 0 Å². The summed E-state index contributed by atoms with van der Waals surface area (Å²) in [5.41, 5.74) is 2.04. The monoisotopic (exact) mass is 359 g/mol. The maximum absolute atomic E-state index is 11.3. The van der Waals surface area contributed by atoms with Crippen LogP contribution < -0.4 is 15.4 Å². The molecule has 0 amide bonds. The van der Waals surface area contributed by atoms with Crippen LogP contribution in [0.5, 0.6) is 0 Å². The number of guanidine groups is 1. The molecule has 0 aliphatic heterocycles. The highest BCUT2D eigenvalue weighted by atomic mass is 32.2. The lowest BCUT2D eigenvalue weighted by atomic mass is 10.1. The fourth-order valence-corrected chi connectivity index (χ4v) is 2.81. The highest BCUT2D eigenvalue weighted by Crippen LogP contribution is 2.15. The van der Waals surface area contributed by atoms with Crippen LogP contribution in [-0.2, 0) is 29.4 Å². The molecule has 138 valence electrons. The van der Waals surface area contributed by atoms with Gasteiger partial charge in [-0.25, -0.2) is 13.1 Å². The van der Waals surface area contributed by atoms with Gasteiger partial charge in [-0.3, -0.25) is 4.99 Å². The molecule has 1 rings (SSSR count). The topological polar surface area (TPSA) is 109 Å². The SMILES string of the molecule is CCc1noc(CC)c1CNC(=NC)NCCCNS(=O)(=O)CC. The first-order valence-electron chi connectivity index (χ1n) is 8.35. The van der Waals surface area contributed by atoms with E-state index in [0.29, 0.717) is 32.0 Å². The van der Waals surface area contributed by atoms with Crippen molar-refractivity contribution in [2.75, 3.05) is 25.9 Å². The summed E-state index contributed by atoms with van der Waals surface area (Å²) < 4.78 is 30.5. The molecule has 1 aromatic heterocycles. The van der Waals surface area contributed by atoms with Crippen molar-refractivity contribution in [1.29, 1.82) is 0 Å². The van der Waals surface area contributed by atoms with Crippen molar-refractivity contribution in [2.24, 2.45) is 4.99 Å². The molecule has 0 aromatic carbocycles. The van der Waals surface area contributed by atoms with Gasteiger partial charge < -0.3 is 15.2 Å². The van der Waals surface area contributed by atoms with Gasteiger partial charge in [0.2, 0.25) is 10.0 Å². The second-order valence-electron chi connectivity index (χ2n) is 5.24. The van der Waals surface area contributed by atoms with Gasteiger partial charge in [0.25, 0.3) is 0 Å². The molecule has 8 nitrogen and oxygen atoms in total. The van der Waals surface area contributed by atoms with Gasteiger partial charge in [0.05, 0.1) is 11.4 Å². The van der Waals surface area contributed by atoms with E-state index in [4.69, 9.17) is 4.52 Å². The van der Waals surface area contributed by atoms with E-state index >= 15 is 0 Å². The second kappa shape index (κ2) is 10.3. The minimum Gasteiger partial charge on any atom is -0.361 e. The molecule has 0 aliphatic rings. The van der Waals surface area contributed by atoms with Crippen molar-refractivity contribution in [3.8, 4) is 0 Å². The zero-order valence-corrected chi connectivity index (χ0v) is 15.8. The van der Waals surface area contributed by atoms with Crippen LogP contribution in [0.4, 0.5) is 0 Å². The summed E-state index contributed by atoms with van der Waals surface area (Å²) in [7, 11) is -1.42. The van der Waals surface area contributed by atoms with Crippen LogP contribution in [0.25, 0.3) is 0 Å². The van der Waals surface area contributed by atoms with Gasteiger partial charge in [0.1, 0.15) is 5.76 Å². The lowest BCUT2D eigenvalue weighted by molar-refractivity contribution is 0.380. The molecule has 0 spiro atoms. The van der Waals surface area contributed by atoms with Crippen LogP contribution in [-0.4, -0.2) is 45.4 Å². The van der Waals surface area contributed by atoms with Gasteiger partial charge in [-0.1, -0.05) is 19.0 Å². The van der Waals surface area contributed by atoms with E-state index in [-0.39, 0.29) is 5.75 Å². The van der Waals surface area contributed by atoms with Crippen molar-refractivity contribution >= 4 is 16.0 Å². The predicted octanol–water partition coefficient (Wildman–Crippen LogP) is 0.794. The molecule has 0 saturated heterocycles. The highest BCUT2D eigenvalue weighted by Gasteiger charge is 2.13. The van der Waals surface area contributed by atoms with Crippen LogP contribution >= 0.6 is 0 Å². The number of hydrogen-bond acceptors (Lipinski definition) is 5. The van der Waals surface area contributed by atoms with E-state index in [9.17, 15) is 8.42 Å². The van der Waals surface area contributed by atoms with Crippen LogP contribution in [0.1, 0.15) is 44.2 Å². The highest BCUT2D eigenvalue weighted by molar-refractivity contribution is 7.89. The summed E-state index contributed by atoms with van der Waals surface area (Å²) in [4.78, 5) is 4.17. The van der Waals surface area contributed by atoms with E-state index < -0.39 is 10.0 Å². The Bertz CT molecular complexity index is 604.